The van der Waals surface area contributed by atoms with Crippen LogP contribution in [0.25, 0.3) is 0 Å². The number of aromatic hydroxyl groups is 1. The molecule has 0 aromatic heterocycles. The highest BCUT2D eigenvalue weighted by molar-refractivity contribution is 7.91. The van der Waals surface area contributed by atoms with E-state index in [4.69, 9.17) is 0 Å². The van der Waals surface area contributed by atoms with Crippen molar-refractivity contribution in [3.63, 3.8) is 0 Å². The Bertz CT molecular complexity index is 735. The molecule has 2 aromatic rings. The zero-order valence-corrected chi connectivity index (χ0v) is 12.3. The number of benzene rings is 2. The van der Waals surface area contributed by atoms with Crippen LogP contribution in [0.1, 0.15) is 17.9 Å². The minimum Gasteiger partial charge on any atom is -0.508 e. The van der Waals surface area contributed by atoms with Gasteiger partial charge >= 0.3 is 0 Å². The van der Waals surface area contributed by atoms with Crippen molar-refractivity contribution in [2.75, 3.05) is 13.1 Å². The van der Waals surface area contributed by atoms with Gasteiger partial charge in [-0.1, -0.05) is 24.3 Å². The van der Waals surface area contributed by atoms with Crippen molar-refractivity contribution in [1.29, 1.82) is 0 Å². The molecular formula is C16H17NO3S. The molecule has 0 bridgehead atoms. The molecule has 0 aliphatic carbocycles. The second kappa shape index (κ2) is 5.50. The summed E-state index contributed by atoms with van der Waals surface area (Å²) in [6, 6.07) is 13.1. The Morgan fingerprint density at radius 3 is 2.48 bits per heavy atom. The monoisotopic (exact) mass is 303 g/mol. The molecule has 110 valence electrons. The van der Waals surface area contributed by atoms with Crippen molar-refractivity contribution < 1.29 is 13.5 Å². The first-order valence-electron chi connectivity index (χ1n) is 6.93. The van der Waals surface area contributed by atoms with Crippen LogP contribution in [0.4, 0.5) is 0 Å². The van der Waals surface area contributed by atoms with E-state index in [1.807, 2.05) is 0 Å². The third kappa shape index (κ3) is 2.54. The standard InChI is InChI=1S/C16H17NO3S/c18-14-7-4-8-15(16(14)12-9-10-17-11-12)21(19,20)13-5-2-1-3-6-13/h1-8,12,17-18H,9-11H2. The molecule has 1 heterocycles. The lowest BCUT2D eigenvalue weighted by atomic mass is 9.97. The number of phenols is 1. The number of hydrogen-bond donors (Lipinski definition) is 2. The fraction of sp³-hybridized carbons (Fsp3) is 0.250. The fourth-order valence-electron chi connectivity index (χ4n) is 2.80. The van der Waals surface area contributed by atoms with Gasteiger partial charge in [0.15, 0.2) is 0 Å². The maximum Gasteiger partial charge on any atom is 0.207 e. The van der Waals surface area contributed by atoms with Crippen molar-refractivity contribution >= 4 is 9.84 Å². The molecule has 3 rings (SSSR count). The lowest BCUT2D eigenvalue weighted by molar-refractivity contribution is 0.458. The summed E-state index contributed by atoms with van der Waals surface area (Å²) in [7, 11) is -3.62. The van der Waals surface area contributed by atoms with E-state index in [1.165, 1.54) is 0 Å². The van der Waals surface area contributed by atoms with E-state index in [0.717, 1.165) is 13.0 Å². The lowest BCUT2D eigenvalue weighted by Crippen LogP contribution is -2.12. The average Bonchev–Trinajstić information content (AvgIpc) is 3.02. The van der Waals surface area contributed by atoms with E-state index in [0.29, 0.717) is 12.1 Å². The molecule has 1 aliphatic rings. The maximum atomic E-state index is 12.8. The summed E-state index contributed by atoms with van der Waals surface area (Å²) < 4.78 is 25.7. The highest BCUT2D eigenvalue weighted by Crippen LogP contribution is 2.37. The van der Waals surface area contributed by atoms with Gasteiger partial charge in [-0.2, -0.15) is 0 Å². The first-order valence-corrected chi connectivity index (χ1v) is 8.42. The normalized spacial score (nSPS) is 18.8. The van der Waals surface area contributed by atoms with Crippen LogP contribution < -0.4 is 5.32 Å². The number of rotatable bonds is 3. The van der Waals surface area contributed by atoms with Gasteiger partial charge in [-0.05, 0) is 37.2 Å². The van der Waals surface area contributed by atoms with Gasteiger partial charge in [0.05, 0.1) is 9.79 Å². The second-order valence-corrected chi connectivity index (χ2v) is 7.11. The molecular weight excluding hydrogens is 286 g/mol. The van der Waals surface area contributed by atoms with Gasteiger partial charge in [-0.25, -0.2) is 8.42 Å². The minimum atomic E-state index is -3.62. The Morgan fingerprint density at radius 2 is 1.81 bits per heavy atom. The van der Waals surface area contributed by atoms with Gasteiger partial charge in [0.25, 0.3) is 0 Å². The van der Waals surface area contributed by atoms with Crippen molar-refractivity contribution in [3.05, 3.63) is 54.1 Å². The summed E-state index contributed by atoms with van der Waals surface area (Å²) in [6.45, 7) is 1.53. The highest BCUT2D eigenvalue weighted by Gasteiger charge is 2.29. The van der Waals surface area contributed by atoms with Gasteiger partial charge < -0.3 is 10.4 Å². The fourth-order valence-corrected chi connectivity index (χ4v) is 4.39. The first-order chi connectivity index (χ1) is 10.1. The Balaban J connectivity index is 2.17. The summed E-state index contributed by atoms with van der Waals surface area (Å²) in [5.41, 5.74) is 0.534. The summed E-state index contributed by atoms with van der Waals surface area (Å²) in [6.07, 6.45) is 0.828. The van der Waals surface area contributed by atoms with Gasteiger partial charge in [0.1, 0.15) is 5.75 Å². The van der Waals surface area contributed by atoms with Gasteiger partial charge in [-0.15, -0.1) is 0 Å². The molecule has 1 fully saturated rings. The van der Waals surface area contributed by atoms with E-state index in [1.54, 1.807) is 48.5 Å². The van der Waals surface area contributed by atoms with Crippen molar-refractivity contribution in [3.8, 4) is 5.75 Å². The third-order valence-electron chi connectivity index (χ3n) is 3.85. The number of phenolic OH excluding ortho intramolecular Hbond substituents is 1. The van der Waals surface area contributed by atoms with Crippen molar-refractivity contribution in [2.24, 2.45) is 0 Å². The van der Waals surface area contributed by atoms with E-state index in [9.17, 15) is 13.5 Å². The maximum absolute atomic E-state index is 12.8. The molecule has 1 unspecified atom stereocenters. The van der Waals surface area contributed by atoms with E-state index in [2.05, 4.69) is 5.32 Å². The summed E-state index contributed by atoms with van der Waals surface area (Å²) >= 11 is 0. The van der Waals surface area contributed by atoms with Crippen LogP contribution in [0.3, 0.4) is 0 Å². The number of hydrogen-bond acceptors (Lipinski definition) is 4. The molecule has 1 atom stereocenters. The average molecular weight is 303 g/mol. The smallest absolute Gasteiger partial charge is 0.207 e. The van der Waals surface area contributed by atoms with Gasteiger partial charge in [-0.3, -0.25) is 0 Å². The zero-order valence-electron chi connectivity index (χ0n) is 11.5. The molecule has 21 heavy (non-hydrogen) atoms. The number of sulfone groups is 1. The predicted molar refractivity (Wildman–Crippen MR) is 80.2 cm³/mol. The lowest BCUT2D eigenvalue weighted by Gasteiger charge is -2.16. The van der Waals surface area contributed by atoms with Crippen LogP contribution in [0, 0.1) is 0 Å². The number of nitrogens with one attached hydrogen (secondary N) is 1. The first kappa shape index (κ1) is 14.1. The van der Waals surface area contributed by atoms with Gasteiger partial charge in [0.2, 0.25) is 9.84 Å². The van der Waals surface area contributed by atoms with Crippen molar-refractivity contribution in [1.82, 2.24) is 5.32 Å². The van der Waals surface area contributed by atoms with Crippen LogP contribution in [0.5, 0.6) is 5.75 Å². The molecule has 4 nitrogen and oxygen atoms in total. The summed E-state index contributed by atoms with van der Waals surface area (Å²) in [5, 5.41) is 13.4. The van der Waals surface area contributed by atoms with Crippen LogP contribution in [0.15, 0.2) is 58.3 Å². The molecule has 1 aliphatic heterocycles. The third-order valence-corrected chi connectivity index (χ3v) is 5.68. The van der Waals surface area contributed by atoms with Gasteiger partial charge in [0, 0.05) is 18.0 Å². The zero-order chi connectivity index (χ0) is 14.9. The SMILES string of the molecule is O=S(=O)(c1ccccc1)c1cccc(O)c1C1CCNC1. The predicted octanol–water partition coefficient (Wildman–Crippen LogP) is 2.30. The molecule has 2 aromatic carbocycles. The van der Waals surface area contributed by atoms with E-state index in [-0.39, 0.29) is 21.5 Å². The van der Waals surface area contributed by atoms with E-state index < -0.39 is 9.84 Å². The molecule has 1 saturated heterocycles. The van der Waals surface area contributed by atoms with Crippen LogP contribution in [0.2, 0.25) is 0 Å². The Morgan fingerprint density at radius 1 is 1.05 bits per heavy atom. The summed E-state index contributed by atoms with van der Waals surface area (Å²) in [5.74, 6) is 0.0837. The minimum absolute atomic E-state index is 0.0275. The quantitative estimate of drug-likeness (QED) is 0.913. The van der Waals surface area contributed by atoms with Crippen molar-refractivity contribution in [2.45, 2.75) is 22.1 Å². The van der Waals surface area contributed by atoms with Crippen LogP contribution in [-0.2, 0) is 9.84 Å². The second-order valence-electron chi connectivity index (χ2n) is 5.20. The van der Waals surface area contributed by atoms with Crippen LogP contribution >= 0.6 is 0 Å². The Labute approximate surface area is 124 Å². The largest absolute Gasteiger partial charge is 0.508 e. The molecule has 0 spiro atoms. The molecule has 2 N–H and O–H groups in total. The molecule has 0 amide bonds. The summed E-state index contributed by atoms with van der Waals surface area (Å²) in [4.78, 5) is 0.463. The Kier molecular flexibility index (Phi) is 3.69. The van der Waals surface area contributed by atoms with Crippen LogP contribution in [-0.4, -0.2) is 26.6 Å². The Hall–Kier alpha value is -1.85. The highest BCUT2D eigenvalue weighted by atomic mass is 32.2. The van der Waals surface area contributed by atoms with E-state index >= 15 is 0 Å². The molecule has 0 radical (unpaired) electrons. The molecule has 5 heteroatoms. The molecule has 0 saturated carbocycles. The topological polar surface area (TPSA) is 66.4 Å².